The van der Waals surface area contributed by atoms with Gasteiger partial charge in [-0.25, -0.2) is 0 Å². The van der Waals surface area contributed by atoms with E-state index in [1.807, 2.05) is 11.6 Å². The third-order valence-corrected chi connectivity index (χ3v) is 5.13. The predicted molar refractivity (Wildman–Crippen MR) is 69.4 cm³/mol. The number of carboxylic acids is 1. The zero-order chi connectivity index (χ0) is 13.1. The van der Waals surface area contributed by atoms with Crippen molar-refractivity contribution >= 4 is 17.7 Å². The van der Waals surface area contributed by atoms with Crippen molar-refractivity contribution < 1.29 is 9.90 Å². The first-order chi connectivity index (χ1) is 8.61. The maximum atomic E-state index is 11.3. The SMILES string of the molecule is CCC1CCC(C(=O)O)C(Sc2nncn2C)C1. The van der Waals surface area contributed by atoms with E-state index in [2.05, 4.69) is 17.1 Å². The zero-order valence-corrected chi connectivity index (χ0v) is 11.6. The summed E-state index contributed by atoms with van der Waals surface area (Å²) in [6, 6.07) is 0. The molecule has 0 spiro atoms. The minimum absolute atomic E-state index is 0.115. The molecule has 18 heavy (non-hydrogen) atoms. The molecule has 0 aromatic carbocycles. The highest BCUT2D eigenvalue weighted by Crippen LogP contribution is 2.40. The quantitative estimate of drug-likeness (QED) is 0.907. The molecular weight excluding hydrogens is 250 g/mol. The normalized spacial score (nSPS) is 28.2. The maximum absolute atomic E-state index is 11.3. The molecule has 0 amide bonds. The molecule has 1 fully saturated rings. The molecule has 0 bridgehead atoms. The minimum Gasteiger partial charge on any atom is -0.481 e. The summed E-state index contributed by atoms with van der Waals surface area (Å²) in [5.74, 6) is -0.287. The fourth-order valence-electron chi connectivity index (χ4n) is 2.51. The van der Waals surface area contributed by atoms with Crippen molar-refractivity contribution in [2.75, 3.05) is 0 Å². The molecule has 100 valence electrons. The molecule has 0 radical (unpaired) electrons. The van der Waals surface area contributed by atoms with Crippen LogP contribution in [0.3, 0.4) is 0 Å². The van der Waals surface area contributed by atoms with Crippen LogP contribution in [0.25, 0.3) is 0 Å². The van der Waals surface area contributed by atoms with Gasteiger partial charge >= 0.3 is 5.97 Å². The van der Waals surface area contributed by atoms with Crippen molar-refractivity contribution in [1.82, 2.24) is 14.8 Å². The zero-order valence-electron chi connectivity index (χ0n) is 10.7. The molecule has 6 heteroatoms. The molecule has 1 aromatic heterocycles. The Morgan fingerprint density at radius 3 is 2.94 bits per heavy atom. The van der Waals surface area contributed by atoms with Crippen LogP contribution in [0.2, 0.25) is 0 Å². The van der Waals surface area contributed by atoms with Crippen molar-refractivity contribution in [1.29, 1.82) is 0 Å². The van der Waals surface area contributed by atoms with E-state index in [4.69, 9.17) is 0 Å². The topological polar surface area (TPSA) is 68.0 Å². The summed E-state index contributed by atoms with van der Waals surface area (Å²) in [6.07, 6.45) is 5.55. The first-order valence-electron chi connectivity index (χ1n) is 6.35. The minimum atomic E-state index is -0.677. The summed E-state index contributed by atoms with van der Waals surface area (Å²) < 4.78 is 1.85. The van der Waals surface area contributed by atoms with Gasteiger partial charge in [0.1, 0.15) is 6.33 Å². The summed E-state index contributed by atoms with van der Waals surface area (Å²) in [7, 11) is 1.89. The van der Waals surface area contributed by atoms with Gasteiger partial charge in [0.25, 0.3) is 0 Å². The Kier molecular flexibility index (Phi) is 4.27. The lowest BCUT2D eigenvalue weighted by Gasteiger charge is -2.32. The Labute approximate surface area is 111 Å². The van der Waals surface area contributed by atoms with Crippen LogP contribution in [-0.4, -0.2) is 31.1 Å². The van der Waals surface area contributed by atoms with E-state index in [0.29, 0.717) is 5.92 Å². The fourth-order valence-corrected chi connectivity index (χ4v) is 3.87. The van der Waals surface area contributed by atoms with Crippen LogP contribution >= 0.6 is 11.8 Å². The van der Waals surface area contributed by atoms with Crippen LogP contribution in [0.1, 0.15) is 32.6 Å². The van der Waals surface area contributed by atoms with E-state index in [1.54, 1.807) is 18.1 Å². The standard InChI is InChI=1S/C12H19N3O2S/c1-3-8-4-5-9(11(16)17)10(6-8)18-12-14-13-7-15(12)2/h7-10H,3-6H2,1-2H3,(H,16,17). The van der Waals surface area contributed by atoms with Crippen molar-refractivity contribution in [2.45, 2.75) is 43.0 Å². The third kappa shape index (κ3) is 2.85. The Bertz CT molecular complexity index is 421. The second-order valence-electron chi connectivity index (χ2n) is 4.91. The van der Waals surface area contributed by atoms with Crippen LogP contribution in [-0.2, 0) is 11.8 Å². The number of carboxylic acid groups (broad SMARTS) is 1. The Morgan fingerprint density at radius 2 is 2.39 bits per heavy atom. The number of thioether (sulfide) groups is 1. The molecular formula is C12H19N3O2S. The van der Waals surface area contributed by atoms with Gasteiger partial charge < -0.3 is 9.67 Å². The summed E-state index contributed by atoms with van der Waals surface area (Å²) >= 11 is 1.56. The van der Waals surface area contributed by atoms with E-state index < -0.39 is 5.97 Å². The van der Waals surface area contributed by atoms with E-state index in [0.717, 1.165) is 30.8 Å². The molecule has 3 atom stereocenters. The molecule has 1 aliphatic carbocycles. The summed E-state index contributed by atoms with van der Waals surface area (Å²) in [5, 5.41) is 18.1. The van der Waals surface area contributed by atoms with Gasteiger partial charge in [0.15, 0.2) is 5.16 Å². The van der Waals surface area contributed by atoms with Gasteiger partial charge in [0.2, 0.25) is 0 Å². The number of carbonyl (C=O) groups is 1. The van der Waals surface area contributed by atoms with Crippen molar-refractivity contribution in [3.05, 3.63) is 6.33 Å². The van der Waals surface area contributed by atoms with Gasteiger partial charge in [-0.1, -0.05) is 25.1 Å². The summed E-state index contributed by atoms with van der Waals surface area (Å²) in [5.41, 5.74) is 0. The van der Waals surface area contributed by atoms with E-state index in [9.17, 15) is 9.90 Å². The third-order valence-electron chi connectivity index (χ3n) is 3.72. The van der Waals surface area contributed by atoms with E-state index >= 15 is 0 Å². The number of aryl methyl sites for hydroxylation is 1. The van der Waals surface area contributed by atoms with E-state index in [1.165, 1.54) is 0 Å². The number of aromatic nitrogens is 3. The first-order valence-corrected chi connectivity index (χ1v) is 7.23. The second kappa shape index (κ2) is 5.73. The van der Waals surface area contributed by atoms with Crippen LogP contribution < -0.4 is 0 Å². The lowest BCUT2D eigenvalue weighted by Crippen LogP contribution is -2.32. The highest BCUT2D eigenvalue weighted by Gasteiger charge is 2.35. The van der Waals surface area contributed by atoms with Gasteiger partial charge in [0.05, 0.1) is 5.92 Å². The average Bonchev–Trinajstić information content (AvgIpc) is 2.74. The molecule has 1 N–H and O–H groups in total. The van der Waals surface area contributed by atoms with Gasteiger partial charge in [0, 0.05) is 12.3 Å². The van der Waals surface area contributed by atoms with Gasteiger partial charge in [-0.3, -0.25) is 4.79 Å². The highest BCUT2D eigenvalue weighted by molar-refractivity contribution is 7.99. The lowest BCUT2D eigenvalue weighted by atomic mass is 9.80. The first kappa shape index (κ1) is 13.4. The average molecular weight is 269 g/mol. The summed E-state index contributed by atoms with van der Waals surface area (Å²) in [6.45, 7) is 2.18. The van der Waals surface area contributed by atoms with Crippen LogP contribution in [0, 0.1) is 11.8 Å². The molecule has 1 heterocycles. The van der Waals surface area contributed by atoms with Crippen LogP contribution in [0.5, 0.6) is 0 Å². The monoisotopic (exact) mass is 269 g/mol. The molecule has 1 aliphatic rings. The highest BCUT2D eigenvalue weighted by atomic mass is 32.2. The Balaban J connectivity index is 2.10. The fraction of sp³-hybridized carbons (Fsp3) is 0.750. The number of hydrogen-bond donors (Lipinski definition) is 1. The maximum Gasteiger partial charge on any atom is 0.307 e. The lowest BCUT2D eigenvalue weighted by molar-refractivity contribution is -0.142. The van der Waals surface area contributed by atoms with Crippen LogP contribution in [0.15, 0.2) is 11.5 Å². The molecule has 5 nitrogen and oxygen atoms in total. The van der Waals surface area contributed by atoms with Gasteiger partial charge in [-0.15, -0.1) is 10.2 Å². The largest absolute Gasteiger partial charge is 0.481 e. The number of aliphatic carboxylic acids is 1. The smallest absolute Gasteiger partial charge is 0.307 e. The molecule has 1 saturated carbocycles. The van der Waals surface area contributed by atoms with Gasteiger partial charge in [-0.05, 0) is 25.2 Å². The summed E-state index contributed by atoms with van der Waals surface area (Å²) in [4.78, 5) is 11.3. The van der Waals surface area contributed by atoms with Crippen LogP contribution in [0.4, 0.5) is 0 Å². The van der Waals surface area contributed by atoms with Crippen molar-refractivity contribution in [3.63, 3.8) is 0 Å². The number of nitrogens with zero attached hydrogens (tertiary/aromatic N) is 3. The Hall–Kier alpha value is -1.04. The van der Waals surface area contributed by atoms with Crippen molar-refractivity contribution in [2.24, 2.45) is 18.9 Å². The molecule has 1 aromatic rings. The number of rotatable bonds is 4. The second-order valence-corrected chi connectivity index (χ2v) is 6.12. The number of hydrogen-bond acceptors (Lipinski definition) is 4. The molecule has 2 rings (SSSR count). The molecule has 0 saturated heterocycles. The van der Waals surface area contributed by atoms with Crippen molar-refractivity contribution in [3.8, 4) is 0 Å². The predicted octanol–water partition coefficient (Wildman–Crippen LogP) is 2.19. The molecule has 0 aliphatic heterocycles. The van der Waals surface area contributed by atoms with E-state index in [-0.39, 0.29) is 11.2 Å². The van der Waals surface area contributed by atoms with Gasteiger partial charge in [-0.2, -0.15) is 0 Å². The molecule has 3 unspecified atom stereocenters. The Morgan fingerprint density at radius 1 is 1.61 bits per heavy atom.